The topological polar surface area (TPSA) is 80.9 Å². The fourth-order valence-electron chi connectivity index (χ4n) is 3.60. The van der Waals surface area contributed by atoms with Gasteiger partial charge in [-0.25, -0.2) is 9.79 Å². The van der Waals surface area contributed by atoms with Gasteiger partial charge in [0.15, 0.2) is 4.80 Å². The van der Waals surface area contributed by atoms with Gasteiger partial charge in [-0.05, 0) is 94.4 Å². The Bertz CT molecular complexity index is 1470. The zero-order valence-corrected chi connectivity index (χ0v) is 23.3. The highest BCUT2D eigenvalue weighted by Crippen LogP contribution is 2.34. The fraction of sp³-hybridized carbons (Fsp3) is 0.174. The van der Waals surface area contributed by atoms with Crippen molar-refractivity contribution in [3.63, 3.8) is 0 Å². The fourth-order valence-corrected chi connectivity index (χ4v) is 6.70. The number of carbonyl (C=O) groups is 1. The molecule has 0 aliphatic carbocycles. The number of nitrogens with zero attached hydrogens (tertiary/aromatic N) is 2. The van der Waals surface area contributed by atoms with Gasteiger partial charge in [0.1, 0.15) is 11.8 Å². The number of aromatic nitrogens is 1. The van der Waals surface area contributed by atoms with E-state index in [0.29, 0.717) is 32.8 Å². The predicted octanol–water partition coefficient (Wildman–Crippen LogP) is 4.37. The lowest BCUT2D eigenvalue weighted by atomic mass is 9.96. The number of allylic oxidation sites excluding steroid dienone is 1. The number of rotatable bonds is 4. The highest BCUT2D eigenvalue weighted by molar-refractivity contribution is 14.1. The van der Waals surface area contributed by atoms with E-state index in [2.05, 4.69) is 50.2 Å². The summed E-state index contributed by atoms with van der Waals surface area (Å²) in [6, 6.07) is 9.99. The van der Waals surface area contributed by atoms with Gasteiger partial charge in [-0.2, -0.15) is 0 Å². The summed E-state index contributed by atoms with van der Waals surface area (Å²) in [6.45, 7) is 3.67. The van der Waals surface area contributed by atoms with Crippen molar-refractivity contribution in [2.45, 2.75) is 19.9 Å². The maximum absolute atomic E-state index is 13.6. The van der Waals surface area contributed by atoms with Crippen LogP contribution in [0.15, 0.2) is 57.5 Å². The van der Waals surface area contributed by atoms with Crippen molar-refractivity contribution in [1.29, 1.82) is 0 Å². The minimum atomic E-state index is -0.753. The van der Waals surface area contributed by atoms with Crippen LogP contribution in [0, 0.1) is 7.14 Å². The first-order valence-electron chi connectivity index (χ1n) is 9.85. The Hall–Kier alpha value is -1.70. The monoisotopic (exact) mass is 706 g/mol. The van der Waals surface area contributed by atoms with Gasteiger partial charge in [0.05, 0.1) is 29.5 Å². The smallest absolute Gasteiger partial charge is 0.338 e. The molecule has 1 aromatic heterocycles. The third-order valence-electron chi connectivity index (χ3n) is 5.05. The van der Waals surface area contributed by atoms with E-state index in [1.54, 1.807) is 50.3 Å². The average Bonchev–Trinajstić information content (AvgIpc) is 3.06. The van der Waals surface area contributed by atoms with E-state index in [-0.39, 0.29) is 23.5 Å². The molecule has 1 atom stereocenters. The first-order valence-corrected chi connectivity index (χ1v) is 13.2. The van der Waals surface area contributed by atoms with E-state index in [1.165, 1.54) is 15.9 Å². The highest BCUT2D eigenvalue weighted by Gasteiger charge is 2.34. The third kappa shape index (κ3) is 4.64. The van der Waals surface area contributed by atoms with Crippen LogP contribution in [-0.2, 0) is 9.53 Å². The maximum atomic E-state index is 13.6. The van der Waals surface area contributed by atoms with Crippen LogP contribution in [0.4, 0.5) is 0 Å². The molecule has 1 aliphatic rings. The number of phenolic OH excluding ortho intramolecular Hbond substituents is 1. The highest BCUT2D eigenvalue weighted by atomic mass is 127. The minimum absolute atomic E-state index is 0.202. The van der Waals surface area contributed by atoms with Gasteiger partial charge in [0.25, 0.3) is 5.56 Å². The van der Waals surface area contributed by atoms with Crippen LogP contribution in [0.1, 0.15) is 31.0 Å². The molecule has 0 radical (unpaired) electrons. The van der Waals surface area contributed by atoms with Crippen LogP contribution < -0.4 is 14.9 Å². The first kappa shape index (κ1) is 24.4. The molecule has 0 saturated carbocycles. The molecule has 2 aromatic carbocycles. The summed E-state index contributed by atoms with van der Waals surface area (Å²) in [5, 5.41) is 10.5. The van der Waals surface area contributed by atoms with Crippen molar-refractivity contribution in [3.05, 3.63) is 90.6 Å². The zero-order valence-electron chi connectivity index (χ0n) is 17.4. The average molecular weight is 707 g/mol. The minimum Gasteiger partial charge on any atom is -0.506 e. The Morgan fingerprint density at radius 2 is 1.97 bits per heavy atom. The van der Waals surface area contributed by atoms with Crippen LogP contribution in [0.5, 0.6) is 5.75 Å². The normalized spacial score (nSPS) is 15.9. The van der Waals surface area contributed by atoms with Gasteiger partial charge in [-0.3, -0.25) is 9.36 Å². The number of carbonyl (C=O) groups excluding carboxylic acids is 1. The van der Waals surface area contributed by atoms with E-state index < -0.39 is 12.0 Å². The Labute approximate surface area is 225 Å². The number of ether oxygens (including phenoxy) is 1. The summed E-state index contributed by atoms with van der Waals surface area (Å²) in [5.74, 6) is -0.316. The molecule has 33 heavy (non-hydrogen) atoms. The molecule has 170 valence electrons. The molecule has 4 rings (SSSR count). The van der Waals surface area contributed by atoms with Gasteiger partial charge in [-0.1, -0.05) is 41.1 Å². The van der Waals surface area contributed by atoms with Crippen LogP contribution >= 0.6 is 68.1 Å². The Morgan fingerprint density at radius 3 is 2.61 bits per heavy atom. The molecule has 1 N–H and O–H groups in total. The lowest BCUT2D eigenvalue weighted by Gasteiger charge is -2.25. The summed E-state index contributed by atoms with van der Waals surface area (Å²) in [4.78, 5) is 31.5. The molecule has 0 saturated heterocycles. The van der Waals surface area contributed by atoms with E-state index in [0.717, 1.165) is 5.56 Å². The predicted molar refractivity (Wildman–Crippen MR) is 145 cm³/mol. The lowest BCUT2D eigenvalue weighted by molar-refractivity contribution is -0.139. The molecule has 2 heterocycles. The van der Waals surface area contributed by atoms with E-state index in [1.807, 2.05) is 6.07 Å². The first-order chi connectivity index (χ1) is 15.7. The van der Waals surface area contributed by atoms with Crippen LogP contribution in [0.25, 0.3) is 6.08 Å². The van der Waals surface area contributed by atoms with Crippen molar-refractivity contribution in [2.24, 2.45) is 4.99 Å². The zero-order chi connectivity index (χ0) is 23.9. The molecular weight excluding hydrogens is 690 g/mol. The van der Waals surface area contributed by atoms with Crippen molar-refractivity contribution >= 4 is 80.2 Å². The standard InChI is InChI=1S/C23H17ClI2N2O4S/c1-3-32-22(31)18-11(2)27-23-28(19(18)13-6-4-5-7-14(13)24)21(30)17(33-23)10-12-8-15(25)20(29)16(26)9-12/h4-10,19,29H,3H2,1-2H3/b17-10-/t19-/m0/s1. The largest absolute Gasteiger partial charge is 0.506 e. The van der Waals surface area contributed by atoms with Gasteiger partial charge in [-0.15, -0.1) is 0 Å². The Morgan fingerprint density at radius 1 is 1.30 bits per heavy atom. The van der Waals surface area contributed by atoms with Crippen molar-refractivity contribution in [1.82, 2.24) is 4.57 Å². The number of aromatic hydroxyl groups is 1. The molecule has 0 amide bonds. The molecule has 0 unspecified atom stereocenters. The quantitative estimate of drug-likeness (QED) is 0.323. The van der Waals surface area contributed by atoms with Crippen molar-refractivity contribution in [2.75, 3.05) is 6.61 Å². The van der Waals surface area contributed by atoms with E-state index >= 15 is 0 Å². The maximum Gasteiger partial charge on any atom is 0.338 e. The molecular formula is C23H17ClI2N2O4S. The number of benzene rings is 2. The molecule has 0 fully saturated rings. The number of thiazole rings is 1. The Balaban J connectivity index is 1.98. The summed E-state index contributed by atoms with van der Waals surface area (Å²) >= 11 is 11.9. The Kier molecular flexibility index (Phi) is 7.32. The van der Waals surface area contributed by atoms with Crippen molar-refractivity contribution in [3.8, 4) is 5.75 Å². The summed E-state index contributed by atoms with van der Waals surface area (Å²) in [7, 11) is 0. The van der Waals surface area contributed by atoms with Crippen molar-refractivity contribution < 1.29 is 14.6 Å². The van der Waals surface area contributed by atoms with Crippen LogP contribution in [0.3, 0.4) is 0 Å². The molecule has 10 heteroatoms. The molecule has 0 spiro atoms. The van der Waals surface area contributed by atoms with E-state index in [9.17, 15) is 14.7 Å². The summed E-state index contributed by atoms with van der Waals surface area (Å²) < 4.78 is 8.64. The van der Waals surface area contributed by atoms with Crippen LogP contribution in [-0.4, -0.2) is 22.2 Å². The van der Waals surface area contributed by atoms with Crippen LogP contribution in [0.2, 0.25) is 5.02 Å². The second-order valence-corrected chi connectivity index (χ2v) is 10.9. The van der Waals surface area contributed by atoms with Gasteiger partial charge in [0.2, 0.25) is 0 Å². The second-order valence-electron chi connectivity index (χ2n) is 7.16. The number of esters is 1. The van der Waals surface area contributed by atoms with E-state index in [4.69, 9.17) is 16.3 Å². The summed E-state index contributed by atoms with van der Waals surface area (Å²) in [5.41, 5.74) is 1.90. The summed E-state index contributed by atoms with van der Waals surface area (Å²) in [6.07, 6.45) is 1.76. The molecule has 1 aliphatic heterocycles. The number of hydrogen-bond acceptors (Lipinski definition) is 6. The van der Waals surface area contributed by atoms with Gasteiger partial charge < -0.3 is 9.84 Å². The number of halogens is 3. The SMILES string of the molecule is CCOC(=O)C1=C(C)N=c2s/c(=C\c3cc(I)c(O)c(I)c3)c(=O)n2[C@H]1c1ccccc1Cl. The number of phenols is 1. The molecule has 0 bridgehead atoms. The molecule has 6 nitrogen and oxygen atoms in total. The van der Waals surface area contributed by atoms with Gasteiger partial charge in [0, 0.05) is 5.02 Å². The molecule has 3 aromatic rings. The van der Waals surface area contributed by atoms with Gasteiger partial charge >= 0.3 is 5.97 Å². The number of fused-ring (bicyclic) bond motifs is 1. The number of hydrogen-bond donors (Lipinski definition) is 1. The second kappa shape index (κ2) is 9.88. The lowest BCUT2D eigenvalue weighted by Crippen LogP contribution is -2.40. The third-order valence-corrected chi connectivity index (χ3v) is 8.03.